The maximum absolute atomic E-state index is 13.6. The predicted molar refractivity (Wildman–Crippen MR) is 132 cm³/mol. The molecule has 33 heavy (non-hydrogen) atoms. The lowest BCUT2D eigenvalue weighted by Gasteiger charge is -2.59. The number of urea groups is 1. The molecule has 2 aliphatic rings. The van der Waals surface area contributed by atoms with Crippen molar-refractivity contribution in [3.05, 3.63) is 94.5 Å². The van der Waals surface area contributed by atoms with Crippen molar-refractivity contribution in [1.82, 2.24) is 4.90 Å². The van der Waals surface area contributed by atoms with Gasteiger partial charge in [-0.05, 0) is 42.7 Å². The Hall–Kier alpha value is -3.02. The standard InChI is InChI=1S/C26H23Cl2N3O2/c27-20-12-7-13-21(28)22(20)29-25(33)30-16-14-26(15-17-30)23(18-8-3-1-4-9-18)31(24(26)32)19-10-5-2-6-11-19/h1-13,23H,14-17H2,(H,29,33). The van der Waals surface area contributed by atoms with Crippen molar-refractivity contribution in [2.75, 3.05) is 23.3 Å². The van der Waals surface area contributed by atoms with Gasteiger partial charge >= 0.3 is 6.03 Å². The van der Waals surface area contributed by atoms with Crippen molar-refractivity contribution in [3.8, 4) is 0 Å². The van der Waals surface area contributed by atoms with Crippen molar-refractivity contribution < 1.29 is 9.59 Å². The molecule has 2 heterocycles. The van der Waals surface area contributed by atoms with E-state index in [9.17, 15) is 9.59 Å². The first-order valence-electron chi connectivity index (χ1n) is 10.9. The second kappa shape index (κ2) is 8.73. The van der Waals surface area contributed by atoms with Gasteiger partial charge in [-0.3, -0.25) is 4.79 Å². The summed E-state index contributed by atoms with van der Waals surface area (Å²) in [6, 6.07) is 24.7. The minimum Gasteiger partial charge on any atom is -0.324 e. The van der Waals surface area contributed by atoms with E-state index in [0.717, 1.165) is 11.3 Å². The summed E-state index contributed by atoms with van der Waals surface area (Å²) in [4.78, 5) is 30.1. The van der Waals surface area contributed by atoms with Gasteiger partial charge in [0.15, 0.2) is 0 Å². The van der Waals surface area contributed by atoms with Crippen LogP contribution in [-0.2, 0) is 4.79 Å². The summed E-state index contributed by atoms with van der Waals surface area (Å²) >= 11 is 12.4. The third kappa shape index (κ3) is 3.75. The van der Waals surface area contributed by atoms with Gasteiger partial charge in [0.25, 0.3) is 0 Å². The number of nitrogens with zero attached hydrogens (tertiary/aromatic N) is 2. The number of benzene rings is 3. The Morgan fingerprint density at radius 2 is 1.42 bits per heavy atom. The van der Waals surface area contributed by atoms with Gasteiger partial charge < -0.3 is 15.1 Å². The highest BCUT2D eigenvalue weighted by Gasteiger charge is 2.62. The van der Waals surface area contributed by atoms with Gasteiger partial charge in [-0.2, -0.15) is 0 Å². The normalized spacial score (nSPS) is 19.3. The van der Waals surface area contributed by atoms with Crippen LogP contribution in [0.25, 0.3) is 0 Å². The van der Waals surface area contributed by atoms with E-state index in [0.29, 0.717) is 41.7 Å². The Labute approximate surface area is 202 Å². The quantitative estimate of drug-likeness (QED) is 0.442. The first-order valence-corrected chi connectivity index (χ1v) is 11.7. The van der Waals surface area contributed by atoms with Crippen LogP contribution in [0, 0.1) is 5.41 Å². The Balaban J connectivity index is 1.36. The van der Waals surface area contributed by atoms with Gasteiger partial charge in [-0.1, -0.05) is 77.8 Å². The van der Waals surface area contributed by atoms with Crippen molar-refractivity contribution in [1.29, 1.82) is 0 Å². The number of para-hydroxylation sites is 2. The van der Waals surface area contributed by atoms with E-state index >= 15 is 0 Å². The van der Waals surface area contributed by atoms with Crippen LogP contribution in [0.5, 0.6) is 0 Å². The summed E-state index contributed by atoms with van der Waals surface area (Å²) < 4.78 is 0. The zero-order valence-electron chi connectivity index (χ0n) is 17.9. The summed E-state index contributed by atoms with van der Waals surface area (Å²) in [5.41, 5.74) is 1.90. The largest absolute Gasteiger partial charge is 0.324 e. The molecule has 5 nitrogen and oxygen atoms in total. The van der Waals surface area contributed by atoms with Crippen LogP contribution in [0.4, 0.5) is 16.2 Å². The van der Waals surface area contributed by atoms with Gasteiger partial charge in [0.1, 0.15) is 0 Å². The second-order valence-corrected chi connectivity index (χ2v) is 9.31. The molecule has 3 amide bonds. The Morgan fingerprint density at radius 3 is 2.03 bits per heavy atom. The van der Waals surface area contributed by atoms with E-state index in [1.54, 1.807) is 23.1 Å². The van der Waals surface area contributed by atoms with Crippen molar-refractivity contribution in [2.24, 2.45) is 5.41 Å². The number of piperidine rings is 1. The van der Waals surface area contributed by atoms with E-state index in [2.05, 4.69) is 17.4 Å². The van der Waals surface area contributed by atoms with Gasteiger partial charge in [-0.25, -0.2) is 4.79 Å². The molecule has 1 spiro atoms. The molecule has 0 radical (unpaired) electrons. The lowest BCUT2D eigenvalue weighted by molar-refractivity contribution is -0.144. The smallest absolute Gasteiger partial charge is 0.321 e. The fourth-order valence-electron chi connectivity index (χ4n) is 5.01. The fourth-order valence-corrected chi connectivity index (χ4v) is 5.50. The Morgan fingerprint density at radius 1 is 0.848 bits per heavy atom. The number of likely N-dealkylation sites (tertiary alicyclic amines) is 1. The van der Waals surface area contributed by atoms with Crippen LogP contribution in [-0.4, -0.2) is 29.9 Å². The van der Waals surface area contributed by atoms with Crippen LogP contribution in [0.15, 0.2) is 78.9 Å². The summed E-state index contributed by atoms with van der Waals surface area (Å²) in [5.74, 6) is 0.122. The summed E-state index contributed by atoms with van der Waals surface area (Å²) in [6.07, 6.45) is 1.19. The SMILES string of the molecule is O=C(Nc1c(Cl)cccc1Cl)N1CCC2(CC1)C(=O)N(c1ccccc1)C2c1ccccc1. The number of rotatable bonds is 3. The fraction of sp³-hybridized carbons (Fsp3) is 0.231. The van der Waals surface area contributed by atoms with Crippen LogP contribution >= 0.6 is 23.2 Å². The lowest BCUT2D eigenvalue weighted by atomic mass is 9.62. The zero-order chi connectivity index (χ0) is 23.0. The van der Waals surface area contributed by atoms with Crippen LogP contribution in [0.3, 0.4) is 0 Å². The highest BCUT2D eigenvalue weighted by Crippen LogP contribution is 2.57. The van der Waals surface area contributed by atoms with Gasteiger partial charge in [0.2, 0.25) is 5.91 Å². The third-order valence-electron chi connectivity index (χ3n) is 6.71. The molecule has 168 valence electrons. The third-order valence-corrected chi connectivity index (χ3v) is 7.34. The second-order valence-electron chi connectivity index (χ2n) is 8.49. The van der Waals surface area contributed by atoms with E-state index < -0.39 is 5.41 Å². The molecule has 0 bridgehead atoms. The average molecular weight is 480 g/mol. The van der Waals surface area contributed by atoms with Crippen molar-refractivity contribution in [2.45, 2.75) is 18.9 Å². The number of hydrogen-bond donors (Lipinski definition) is 1. The van der Waals surface area contributed by atoms with E-state index in [1.165, 1.54) is 0 Å². The summed E-state index contributed by atoms with van der Waals surface area (Å²) in [7, 11) is 0. The summed E-state index contributed by atoms with van der Waals surface area (Å²) in [5, 5.41) is 3.61. The molecule has 7 heteroatoms. The van der Waals surface area contributed by atoms with Gasteiger partial charge in [-0.15, -0.1) is 0 Å². The minimum atomic E-state index is -0.518. The average Bonchev–Trinajstić information content (AvgIpc) is 2.85. The number of carbonyl (C=O) groups excluding carboxylic acids is 2. The molecule has 0 saturated carbocycles. The minimum absolute atomic E-state index is 0.0585. The molecule has 2 saturated heterocycles. The Bertz CT molecular complexity index is 1160. The first-order chi connectivity index (χ1) is 16.0. The molecule has 3 aromatic carbocycles. The number of nitrogens with one attached hydrogen (secondary N) is 1. The number of halogens is 2. The molecule has 1 N–H and O–H groups in total. The monoisotopic (exact) mass is 479 g/mol. The molecule has 5 rings (SSSR count). The number of β-lactam (4-membered cyclic amide) rings is 1. The number of anilines is 2. The van der Waals surface area contributed by atoms with E-state index in [4.69, 9.17) is 23.2 Å². The number of hydrogen-bond acceptors (Lipinski definition) is 2. The van der Waals surface area contributed by atoms with Gasteiger partial charge in [0.05, 0.1) is 27.2 Å². The summed E-state index contributed by atoms with van der Waals surface area (Å²) in [6.45, 7) is 0.956. The lowest BCUT2D eigenvalue weighted by Crippen LogP contribution is -2.67. The number of carbonyl (C=O) groups is 2. The molecule has 1 atom stereocenters. The van der Waals surface area contributed by atoms with Crippen LogP contribution < -0.4 is 10.2 Å². The molecule has 2 fully saturated rings. The topological polar surface area (TPSA) is 52.7 Å². The first kappa shape index (κ1) is 21.8. The van der Waals surface area contributed by atoms with E-state index in [-0.39, 0.29) is 18.0 Å². The maximum Gasteiger partial charge on any atom is 0.321 e. The molecule has 0 aliphatic carbocycles. The van der Waals surface area contributed by atoms with E-state index in [1.807, 2.05) is 53.4 Å². The molecular formula is C26H23Cl2N3O2. The molecule has 3 aromatic rings. The Kier molecular flexibility index (Phi) is 5.77. The van der Waals surface area contributed by atoms with Crippen LogP contribution in [0.2, 0.25) is 10.0 Å². The molecular weight excluding hydrogens is 457 g/mol. The molecule has 1 unspecified atom stereocenters. The highest BCUT2D eigenvalue weighted by molar-refractivity contribution is 6.39. The molecule has 0 aromatic heterocycles. The van der Waals surface area contributed by atoms with Gasteiger partial charge in [0, 0.05) is 18.8 Å². The maximum atomic E-state index is 13.6. The number of amides is 3. The highest BCUT2D eigenvalue weighted by atomic mass is 35.5. The zero-order valence-corrected chi connectivity index (χ0v) is 19.4. The predicted octanol–water partition coefficient (Wildman–Crippen LogP) is 6.40. The van der Waals surface area contributed by atoms with Crippen molar-refractivity contribution in [3.63, 3.8) is 0 Å². The molecule has 2 aliphatic heterocycles. The van der Waals surface area contributed by atoms with Crippen molar-refractivity contribution >= 4 is 46.5 Å². The van der Waals surface area contributed by atoms with Crippen LogP contribution in [0.1, 0.15) is 24.4 Å².